The third kappa shape index (κ3) is 5.41. The van der Waals surface area contributed by atoms with Gasteiger partial charge in [-0.05, 0) is 55.7 Å². The summed E-state index contributed by atoms with van der Waals surface area (Å²) >= 11 is 0. The van der Waals surface area contributed by atoms with Crippen LogP contribution in [0.15, 0.2) is 36.4 Å². The van der Waals surface area contributed by atoms with E-state index in [-0.39, 0.29) is 12.5 Å². The van der Waals surface area contributed by atoms with Crippen molar-refractivity contribution in [2.45, 2.75) is 20.3 Å². The van der Waals surface area contributed by atoms with Crippen molar-refractivity contribution in [3.8, 4) is 17.2 Å². The molecule has 0 saturated heterocycles. The molecule has 5 heteroatoms. The van der Waals surface area contributed by atoms with Gasteiger partial charge in [0.2, 0.25) is 0 Å². The fraction of sp³-hybridized carbons (Fsp3) is 0.350. The highest BCUT2D eigenvalue weighted by atomic mass is 16.5. The Kier molecular flexibility index (Phi) is 6.69. The first-order valence-corrected chi connectivity index (χ1v) is 8.21. The molecule has 0 unspecified atom stereocenters. The maximum Gasteiger partial charge on any atom is 0.257 e. The summed E-state index contributed by atoms with van der Waals surface area (Å²) in [6.07, 6.45) is 0.711. The van der Waals surface area contributed by atoms with Gasteiger partial charge in [-0.15, -0.1) is 0 Å². The normalized spacial score (nSPS) is 10.2. The standard InChI is InChI=1S/C20H25NO4/c1-14-5-7-17(8-6-14)25-13-20(22)21-10-9-16-12-19(24-4)18(23-3)11-15(16)2/h5-8,11-12H,9-10,13H2,1-4H3,(H,21,22). The van der Waals surface area contributed by atoms with Crippen LogP contribution in [-0.4, -0.2) is 33.3 Å². The van der Waals surface area contributed by atoms with Gasteiger partial charge in [-0.1, -0.05) is 17.7 Å². The average Bonchev–Trinajstić information content (AvgIpc) is 2.62. The van der Waals surface area contributed by atoms with Crippen molar-refractivity contribution in [2.75, 3.05) is 27.4 Å². The molecule has 0 heterocycles. The van der Waals surface area contributed by atoms with Crippen LogP contribution in [0, 0.1) is 13.8 Å². The molecular weight excluding hydrogens is 318 g/mol. The van der Waals surface area contributed by atoms with Crippen LogP contribution in [0.25, 0.3) is 0 Å². The minimum atomic E-state index is -0.140. The van der Waals surface area contributed by atoms with E-state index in [0.717, 1.165) is 16.7 Å². The van der Waals surface area contributed by atoms with E-state index in [2.05, 4.69) is 5.32 Å². The largest absolute Gasteiger partial charge is 0.493 e. The predicted molar refractivity (Wildman–Crippen MR) is 97.7 cm³/mol. The highest BCUT2D eigenvalue weighted by molar-refractivity contribution is 5.77. The van der Waals surface area contributed by atoms with Crippen LogP contribution in [0.3, 0.4) is 0 Å². The van der Waals surface area contributed by atoms with Crippen molar-refractivity contribution in [3.05, 3.63) is 53.1 Å². The molecular formula is C20H25NO4. The van der Waals surface area contributed by atoms with Gasteiger partial charge >= 0.3 is 0 Å². The molecule has 134 valence electrons. The van der Waals surface area contributed by atoms with E-state index >= 15 is 0 Å². The van der Waals surface area contributed by atoms with E-state index in [4.69, 9.17) is 14.2 Å². The number of ether oxygens (including phenoxy) is 3. The zero-order valence-electron chi connectivity index (χ0n) is 15.2. The summed E-state index contributed by atoms with van der Waals surface area (Å²) in [6.45, 7) is 4.56. The smallest absolute Gasteiger partial charge is 0.257 e. The van der Waals surface area contributed by atoms with Gasteiger partial charge < -0.3 is 19.5 Å². The first kappa shape index (κ1) is 18.6. The fourth-order valence-corrected chi connectivity index (χ4v) is 2.46. The molecule has 2 aromatic carbocycles. The number of aryl methyl sites for hydroxylation is 2. The van der Waals surface area contributed by atoms with Crippen LogP contribution in [0.1, 0.15) is 16.7 Å². The van der Waals surface area contributed by atoms with E-state index in [1.807, 2.05) is 50.2 Å². The molecule has 0 aliphatic heterocycles. The summed E-state index contributed by atoms with van der Waals surface area (Å²) in [5, 5.41) is 2.87. The number of benzene rings is 2. The molecule has 0 spiro atoms. The molecule has 2 aromatic rings. The maximum atomic E-state index is 11.9. The number of hydrogen-bond donors (Lipinski definition) is 1. The van der Waals surface area contributed by atoms with E-state index in [1.165, 1.54) is 0 Å². The first-order chi connectivity index (χ1) is 12.0. The van der Waals surface area contributed by atoms with Crippen molar-refractivity contribution in [1.29, 1.82) is 0 Å². The van der Waals surface area contributed by atoms with Gasteiger partial charge in [0.25, 0.3) is 5.91 Å². The molecule has 0 aliphatic carbocycles. The Hall–Kier alpha value is -2.69. The number of methoxy groups -OCH3 is 2. The average molecular weight is 343 g/mol. The fourth-order valence-electron chi connectivity index (χ4n) is 2.46. The number of carbonyl (C=O) groups excluding carboxylic acids is 1. The van der Waals surface area contributed by atoms with Crippen molar-refractivity contribution in [2.24, 2.45) is 0 Å². The zero-order valence-corrected chi connectivity index (χ0v) is 15.2. The van der Waals surface area contributed by atoms with Crippen molar-refractivity contribution >= 4 is 5.91 Å². The molecule has 2 rings (SSSR count). The Bertz CT molecular complexity index is 710. The first-order valence-electron chi connectivity index (χ1n) is 8.21. The van der Waals surface area contributed by atoms with Gasteiger partial charge in [-0.2, -0.15) is 0 Å². The minimum absolute atomic E-state index is 0.00791. The highest BCUT2D eigenvalue weighted by Gasteiger charge is 2.09. The van der Waals surface area contributed by atoms with Gasteiger partial charge in [0.05, 0.1) is 14.2 Å². The molecule has 1 amide bonds. The Morgan fingerprint density at radius 3 is 2.28 bits per heavy atom. The van der Waals surface area contributed by atoms with Gasteiger partial charge in [-0.3, -0.25) is 4.79 Å². The Labute approximate surface area is 148 Å². The summed E-state index contributed by atoms with van der Waals surface area (Å²) in [5.41, 5.74) is 3.36. The molecule has 0 aromatic heterocycles. The molecule has 0 saturated carbocycles. The van der Waals surface area contributed by atoms with Crippen LogP contribution < -0.4 is 19.5 Å². The molecule has 1 N–H and O–H groups in total. The topological polar surface area (TPSA) is 56.8 Å². The number of carbonyl (C=O) groups is 1. The molecule has 0 aliphatic rings. The van der Waals surface area contributed by atoms with Gasteiger partial charge in [0.15, 0.2) is 18.1 Å². The predicted octanol–water partition coefficient (Wildman–Crippen LogP) is 3.06. The number of nitrogens with one attached hydrogen (secondary N) is 1. The molecule has 25 heavy (non-hydrogen) atoms. The molecule has 0 bridgehead atoms. The Morgan fingerprint density at radius 1 is 1.00 bits per heavy atom. The minimum Gasteiger partial charge on any atom is -0.493 e. The molecule has 0 fully saturated rings. The summed E-state index contributed by atoms with van der Waals surface area (Å²) in [6, 6.07) is 11.5. The Morgan fingerprint density at radius 2 is 1.64 bits per heavy atom. The number of hydrogen-bond acceptors (Lipinski definition) is 4. The highest BCUT2D eigenvalue weighted by Crippen LogP contribution is 2.30. The van der Waals surface area contributed by atoms with Crippen LogP contribution in [0.5, 0.6) is 17.2 Å². The molecule has 5 nitrogen and oxygen atoms in total. The lowest BCUT2D eigenvalue weighted by Crippen LogP contribution is -2.30. The summed E-state index contributed by atoms with van der Waals surface area (Å²) < 4.78 is 16.1. The van der Waals surface area contributed by atoms with E-state index < -0.39 is 0 Å². The number of rotatable bonds is 8. The summed E-state index contributed by atoms with van der Waals surface area (Å²) in [7, 11) is 3.23. The second-order valence-electron chi connectivity index (χ2n) is 5.84. The monoisotopic (exact) mass is 343 g/mol. The van der Waals surface area contributed by atoms with E-state index in [1.54, 1.807) is 14.2 Å². The third-order valence-corrected chi connectivity index (χ3v) is 3.95. The van der Waals surface area contributed by atoms with Crippen LogP contribution in [0.4, 0.5) is 0 Å². The van der Waals surface area contributed by atoms with Gasteiger partial charge in [0.1, 0.15) is 5.75 Å². The summed E-state index contributed by atoms with van der Waals surface area (Å²) in [4.78, 5) is 11.9. The van der Waals surface area contributed by atoms with Crippen molar-refractivity contribution in [1.82, 2.24) is 5.32 Å². The van der Waals surface area contributed by atoms with Gasteiger partial charge in [0, 0.05) is 6.54 Å². The SMILES string of the molecule is COc1cc(C)c(CCNC(=O)COc2ccc(C)cc2)cc1OC. The second-order valence-corrected chi connectivity index (χ2v) is 5.84. The molecule has 0 atom stereocenters. The second kappa shape index (κ2) is 8.97. The zero-order chi connectivity index (χ0) is 18.2. The quantitative estimate of drug-likeness (QED) is 0.800. The van der Waals surface area contributed by atoms with Crippen molar-refractivity contribution in [3.63, 3.8) is 0 Å². The van der Waals surface area contributed by atoms with Crippen molar-refractivity contribution < 1.29 is 19.0 Å². The van der Waals surface area contributed by atoms with Crippen LogP contribution in [-0.2, 0) is 11.2 Å². The van der Waals surface area contributed by atoms with E-state index in [9.17, 15) is 4.79 Å². The van der Waals surface area contributed by atoms with Gasteiger partial charge in [-0.25, -0.2) is 0 Å². The third-order valence-electron chi connectivity index (χ3n) is 3.95. The molecule has 0 radical (unpaired) electrons. The maximum absolute atomic E-state index is 11.9. The lowest BCUT2D eigenvalue weighted by Gasteiger charge is -2.13. The van der Waals surface area contributed by atoms with E-state index in [0.29, 0.717) is 30.2 Å². The Balaban J connectivity index is 1.81. The lowest BCUT2D eigenvalue weighted by atomic mass is 10.0. The van der Waals surface area contributed by atoms with Crippen LogP contribution >= 0.6 is 0 Å². The number of amides is 1. The lowest BCUT2D eigenvalue weighted by molar-refractivity contribution is -0.123. The van der Waals surface area contributed by atoms with Crippen LogP contribution in [0.2, 0.25) is 0 Å². The summed E-state index contributed by atoms with van der Waals surface area (Å²) in [5.74, 6) is 1.95.